The molecule has 1 unspecified atom stereocenters. The highest BCUT2D eigenvalue weighted by Crippen LogP contribution is 2.22. The summed E-state index contributed by atoms with van der Waals surface area (Å²) < 4.78 is 18.5. The van der Waals surface area contributed by atoms with Crippen LogP contribution in [-0.4, -0.2) is 27.1 Å². The summed E-state index contributed by atoms with van der Waals surface area (Å²) >= 11 is 0. The van der Waals surface area contributed by atoms with E-state index in [1.54, 1.807) is 25.9 Å². The Labute approximate surface area is 103 Å². The van der Waals surface area contributed by atoms with Crippen LogP contribution in [0.3, 0.4) is 0 Å². The van der Waals surface area contributed by atoms with E-state index in [0.717, 1.165) is 17.0 Å². The van der Waals surface area contributed by atoms with Gasteiger partial charge in [-0.05, 0) is 23.8 Å². The minimum atomic E-state index is -0.888. The highest BCUT2D eigenvalue weighted by molar-refractivity contribution is 7.83. The molecule has 0 radical (unpaired) electrons. The molecule has 90 valence electrons. The average Bonchev–Trinajstić information content (AvgIpc) is 2.81. The first-order valence-corrected chi connectivity index (χ1v) is 6.88. The van der Waals surface area contributed by atoms with Gasteiger partial charge in [0.15, 0.2) is 0 Å². The van der Waals surface area contributed by atoms with Crippen LogP contribution in [0.4, 0.5) is 0 Å². The largest absolute Gasteiger partial charge is 0.497 e. The third-order valence-corrected chi connectivity index (χ3v) is 3.15. The summed E-state index contributed by atoms with van der Waals surface area (Å²) in [5.74, 6) is 1.28. The molecule has 0 aliphatic carbocycles. The maximum Gasteiger partial charge on any atom is 0.119 e. The van der Waals surface area contributed by atoms with Crippen LogP contribution in [0.25, 0.3) is 5.69 Å². The standard InChI is InChI=1S/C12H14N2O2S/c1-16-11-3-4-12(14-6-5-13-9-14)10(7-11)8-17(2)15/h3-7,9H,8H2,1-2H3. The predicted molar refractivity (Wildman–Crippen MR) is 67.9 cm³/mol. The number of rotatable bonds is 4. The number of aromatic nitrogens is 2. The number of benzene rings is 1. The van der Waals surface area contributed by atoms with Crippen LogP contribution < -0.4 is 4.74 Å². The highest BCUT2D eigenvalue weighted by Gasteiger charge is 2.07. The molecule has 5 heteroatoms. The van der Waals surface area contributed by atoms with Gasteiger partial charge in [0.1, 0.15) is 5.75 Å². The van der Waals surface area contributed by atoms with Crippen molar-refractivity contribution in [3.05, 3.63) is 42.5 Å². The second-order valence-electron chi connectivity index (χ2n) is 3.68. The number of methoxy groups -OCH3 is 1. The second kappa shape index (κ2) is 5.14. The summed E-state index contributed by atoms with van der Waals surface area (Å²) in [7, 11) is 0.736. The van der Waals surface area contributed by atoms with Gasteiger partial charge < -0.3 is 9.30 Å². The van der Waals surface area contributed by atoms with Gasteiger partial charge >= 0.3 is 0 Å². The molecule has 0 bridgehead atoms. The van der Waals surface area contributed by atoms with Crippen molar-refractivity contribution in [3.8, 4) is 11.4 Å². The van der Waals surface area contributed by atoms with Gasteiger partial charge in [-0.25, -0.2) is 4.98 Å². The van der Waals surface area contributed by atoms with Crippen LogP contribution in [-0.2, 0) is 16.6 Å². The normalized spacial score (nSPS) is 12.4. The van der Waals surface area contributed by atoms with Crippen molar-refractivity contribution in [3.63, 3.8) is 0 Å². The van der Waals surface area contributed by atoms with Crippen LogP contribution in [0.5, 0.6) is 5.75 Å². The number of ether oxygens (including phenoxy) is 1. The van der Waals surface area contributed by atoms with Gasteiger partial charge in [-0.2, -0.15) is 0 Å². The Morgan fingerprint density at radius 2 is 2.29 bits per heavy atom. The van der Waals surface area contributed by atoms with Gasteiger partial charge in [0.05, 0.1) is 24.9 Å². The van der Waals surface area contributed by atoms with E-state index in [1.807, 2.05) is 29.0 Å². The first-order valence-electron chi connectivity index (χ1n) is 5.16. The van der Waals surface area contributed by atoms with E-state index in [1.165, 1.54) is 0 Å². The van der Waals surface area contributed by atoms with Gasteiger partial charge in [-0.1, -0.05) is 0 Å². The molecular weight excluding hydrogens is 236 g/mol. The molecule has 1 atom stereocenters. The number of nitrogens with zero attached hydrogens (tertiary/aromatic N) is 2. The number of hydrogen-bond donors (Lipinski definition) is 0. The van der Waals surface area contributed by atoms with Gasteiger partial charge in [0.2, 0.25) is 0 Å². The van der Waals surface area contributed by atoms with Crippen molar-refractivity contribution in [2.75, 3.05) is 13.4 Å². The minimum Gasteiger partial charge on any atom is -0.497 e. The highest BCUT2D eigenvalue weighted by atomic mass is 32.2. The van der Waals surface area contributed by atoms with Crippen LogP contribution in [0, 0.1) is 0 Å². The van der Waals surface area contributed by atoms with Crippen molar-refractivity contribution in [1.82, 2.24) is 9.55 Å². The first-order chi connectivity index (χ1) is 8.20. The van der Waals surface area contributed by atoms with E-state index in [2.05, 4.69) is 4.98 Å². The zero-order valence-corrected chi connectivity index (χ0v) is 10.6. The lowest BCUT2D eigenvalue weighted by Gasteiger charge is -2.11. The van der Waals surface area contributed by atoms with E-state index < -0.39 is 10.8 Å². The molecule has 0 saturated carbocycles. The molecule has 1 aromatic carbocycles. The third kappa shape index (κ3) is 2.74. The Balaban J connectivity index is 2.47. The molecule has 4 nitrogen and oxygen atoms in total. The molecule has 0 aliphatic rings. The van der Waals surface area contributed by atoms with E-state index in [4.69, 9.17) is 4.74 Å². The van der Waals surface area contributed by atoms with Crippen molar-refractivity contribution >= 4 is 10.8 Å². The van der Waals surface area contributed by atoms with Gasteiger partial charge in [-0.3, -0.25) is 4.21 Å². The SMILES string of the molecule is COc1ccc(-n2ccnc2)c(CS(C)=O)c1. The van der Waals surface area contributed by atoms with Gasteiger partial charge in [0.25, 0.3) is 0 Å². The molecule has 17 heavy (non-hydrogen) atoms. The monoisotopic (exact) mass is 250 g/mol. The molecule has 2 aromatic rings. The summed E-state index contributed by atoms with van der Waals surface area (Å²) in [5, 5.41) is 0. The number of hydrogen-bond acceptors (Lipinski definition) is 3. The maximum atomic E-state index is 11.4. The fourth-order valence-corrected chi connectivity index (χ4v) is 2.35. The number of imidazole rings is 1. The first kappa shape index (κ1) is 11.9. The lowest BCUT2D eigenvalue weighted by atomic mass is 10.2. The Bertz CT molecular complexity index is 523. The molecule has 0 amide bonds. The summed E-state index contributed by atoms with van der Waals surface area (Å²) in [4.78, 5) is 4.02. The van der Waals surface area contributed by atoms with Gasteiger partial charge in [-0.15, -0.1) is 0 Å². The van der Waals surface area contributed by atoms with E-state index in [0.29, 0.717) is 5.75 Å². The zero-order chi connectivity index (χ0) is 12.3. The molecule has 0 fully saturated rings. The lowest BCUT2D eigenvalue weighted by Crippen LogP contribution is -2.01. The van der Waals surface area contributed by atoms with Crippen molar-refractivity contribution in [2.24, 2.45) is 0 Å². The summed E-state index contributed by atoms with van der Waals surface area (Å²) in [6, 6.07) is 5.75. The van der Waals surface area contributed by atoms with Crippen molar-refractivity contribution < 1.29 is 8.95 Å². The second-order valence-corrected chi connectivity index (χ2v) is 5.12. The maximum absolute atomic E-state index is 11.4. The Morgan fingerprint density at radius 1 is 1.47 bits per heavy atom. The fraction of sp³-hybridized carbons (Fsp3) is 0.250. The van der Waals surface area contributed by atoms with Crippen LogP contribution >= 0.6 is 0 Å². The smallest absolute Gasteiger partial charge is 0.119 e. The minimum absolute atomic E-state index is 0.505. The average molecular weight is 250 g/mol. The van der Waals surface area contributed by atoms with Crippen LogP contribution in [0.15, 0.2) is 36.9 Å². The molecular formula is C12H14N2O2S. The summed E-state index contributed by atoms with van der Waals surface area (Å²) in [6.07, 6.45) is 7.00. The Kier molecular flexibility index (Phi) is 3.58. The summed E-state index contributed by atoms with van der Waals surface area (Å²) in [6.45, 7) is 0. The Morgan fingerprint density at radius 3 is 2.88 bits per heavy atom. The van der Waals surface area contributed by atoms with Gasteiger partial charge in [0, 0.05) is 29.4 Å². The lowest BCUT2D eigenvalue weighted by molar-refractivity contribution is 0.414. The quantitative estimate of drug-likeness (QED) is 0.830. The van der Waals surface area contributed by atoms with Crippen LogP contribution in [0.1, 0.15) is 5.56 Å². The molecule has 2 rings (SSSR count). The molecule has 1 aromatic heterocycles. The third-order valence-electron chi connectivity index (χ3n) is 2.43. The van der Waals surface area contributed by atoms with E-state index >= 15 is 0 Å². The van der Waals surface area contributed by atoms with Crippen molar-refractivity contribution in [1.29, 1.82) is 0 Å². The van der Waals surface area contributed by atoms with Crippen molar-refractivity contribution in [2.45, 2.75) is 5.75 Å². The zero-order valence-electron chi connectivity index (χ0n) is 9.79. The van der Waals surface area contributed by atoms with E-state index in [-0.39, 0.29) is 0 Å². The fourth-order valence-electron chi connectivity index (χ4n) is 1.68. The molecule has 0 spiro atoms. The molecule has 1 heterocycles. The summed E-state index contributed by atoms with van der Waals surface area (Å²) in [5.41, 5.74) is 1.97. The molecule has 0 N–H and O–H groups in total. The predicted octanol–water partition coefficient (Wildman–Crippen LogP) is 1.76. The molecule has 0 aliphatic heterocycles. The Hall–Kier alpha value is -1.62. The van der Waals surface area contributed by atoms with Crippen LogP contribution in [0.2, 0.25) is 0 Å². The molecule has 0 saturated heterocycles. The van der Waals surface area contributed by atoms with E-state index in [9.17, 15) is 4.21 Å². The topological polar surface area (TPSA) is 44.1 Å².